The van der Waals surface area contributed by atoms with E-state index in [0.29, 0.717) is 5.15 Å². The largest absolute Gasteiger partial charge is 0.236 e. The SMILES string of the molecule is Cc1ccccc1SCc1nc(C)c(Br)c(Cl)n1. The summed E-state index contributed by atoms with van der Waals surface area (Å²) in [5.74, 6) is 1.48. The van der Waals surface area contributed by atoms with Crippen LogP contribution in [0.3, 0.4) is 0 Å². The molecular formula is C13H12BrClN2S. The summed E-state index contributed by atoms with van der Waals surface area (Å²) in [6.07, 6.45) is 0. The predicted molar refractivity (Wildman–Crippen MR) is 80.2 cm³/mol. The molecule has 0 spiro atoms. The van der Waals surface area contributed by atoms with Crippen molar-refractivity contribution in [3.8, 4) is 0 Å². The zero-order chi connectivity index (χ0) is 13.1. The molecule has 2 nitrogen and oxygen atoms in total. The Kier molecular flexibility index (Phi) is 4.65. The molecule has 0 fully saturated rings. The molecule has 0 saturated carbocycles. The third-order valence-corrected chi connectivity index (χ3v) is 5.10. The fourth-order valence-electron chi connectivity index (χ4n) is 1.50. The molecule has 1 aromatic carbocycles. The van der Waals surface area contributed by atoms with Gasteiger partial charge in [0.25, 0.3) is 0 Å². The Labute approximate surface area is 124 Å². The van der Waals surface area contributed by atoms with Gasteiger partial charge in [-0.1, -0.05) is 29.8 Å². The van der Waals surface area contributed by atoms with E-state index in [4.69, 9.17) is 11.6 Å². The third kappa shape index (κ3) is 3.25. The van der Waals surface area contributed by atoms with Crippen molar-refractivity contribution in [3.63, 3.8) is 0 Å². The molecule has 2 rings (SSSR count). The van der Waals surface area contributed by atoms with Crippen LogP contribution in [0.2, 0.25) is 5.15 Å². The molecule has 1 aromatic heterocycles. The van der Waals surface area contributed by atoms with Gasteiger partial charge in [-0.3, -0.25) is 0 Å². The van der Waals surface area contributed by atoms with Crippen molar-refractivity contribution in [2.24, 2.45) is 0 Å². The van der Waals surface area contributed by atoms with Crippen LogP contribution in [0.5, 0.6) is 0 Å². The van der Waals surface area contributed by atoms with Gasteiger partial charge in [0.1, 0.15) is 11.0 Å². The first-order valence-electron chi connectivity index (χ1n) is 5.45. The van der Waals surface area contributed by atoms with Gasteiger partial charge in [-0.25, -0.2) is 9.97 Å². The fourth-order valence-corrected chi connectivity index (χ4v) is 2.80. The van der Waals surface area contributed by atoms with Crippen LogP contribution in [0.25, 0.3) is 0 Å². The molecule has 18 heavy (non-hydrogen) atoms. The highest BCUT2D eigenvalue weighted by atomic mass is 79.9. The predicted octanol–water partition coefficient (Wildman–Crippen LogP) is 4.80. The summed E-state index contributed by atoms with van der Waals surface area (Å²) in [7, 11) is 0. The number of aryl methyl sites for hydroxylation is 2. The highest BCUT2D eigenvalue weighted by molar-refractivity contribution is 9.10. The molecule has 94 valence electrons. The van der Waals surface area contributed by atoms with Crippen LogP contribution in [-0.4, -0.2) is 9.97 Å². The monoisotopic (exact) mass is 342 g/mol. The minimum atomic E-state index is 0.475. The standard InChI is InChI=1S/C13H12BrClN2S/c1-8-5-3-4-6-10(8)18-7-11-16-9(2)12(14)13(15)17-11/h3-6H,7H2,1-2H3. The van der Waals surface area contributed by atoms with Crippen LogP contribution in [0.4, 0.5) is 0 Å². The number of hydrogen-bond acceptors (Lipinski definition) is 3. The highest BCUT2D eigenvalue weighted by Crippen LogP contribution is 2.27. The molecule has 0 N–H and O–H groups in total. The zero-order valence-corrected chi connectivity index (χ0v) is 13.2. The van der Waals surface area contributed by atoms with E-state index in [0.717, 1.165) is 21.7 Å². The lowest BCUT2D eigenvalue weighted by Gasteiger charge is -2.06. The van der Waals surface area contributed by atoms with Crippen molar-refractivity contribution >= 4 is 39.3 Å². The number of hydrogen-bond donors (Lipinski definition) is 0. The average molecular weight is 344 g/mol. The number of nitrogens with zero attached hydrogens (tertiary/aromatic N) is 2. The molecule has 0 saturated heterocycles. The van der Waals surface area contributed by atoms with Crippen molar-refractivity contribution in [1.29, 1.82) is 0 Å². The van der Waals surface area contributed by atoms with E-state index in [-0.39, 0.29) is 0 Å². The quantitative estimate of drug-likeness (QED) is 0.591. The van der Waals surface area contributed by atoms with Crippen molar-refractivity contribution in [2.75, 3.05) is 0 Å². The van der Waals surface area contributed by atoms with Crippen molar-refractivity contribution in [2.45, 2.75) is 24.5 Å². The number of benzene rings is 1. The lowest BCUT2D eigenvalue weighted by molar-refractivity contribution is 0.984. The van der Waals surface area contributed by atoms with Gasteiger partial charge in [-0.15, -0.1) is 11.8 Å². The van der Waals surface area contributed by atoms with E-state index in [9.17, 15) is 0 Å². The Hall–Kier alpha value is -0.580. The minimum Gasteiger partial charge on any atom is -0.236 e. The lowest BCUT2D eigenvalue weighted by Crippen LogP contribution is -1.97. The van der Waals surface area contributed by atoms with Crippen molar-refractivity contribution in [3.05, 3.63) is 51.0 Å². The van der Waals surface area contributed by atoms with E-state index >= 15 is 0 Å². The topological polar surface area (TPSA) is 25.8 Å². The first-order chi connectivity index (χ1) is 8.58. The van der Waals surface area contributed by atoms with Crippen molar-refractivity contribution in [1.82, 2.24) is 9.97 Å². The number of thioether (sulfide) groups is 1. The summed E-state index contributed by atoms with van der Waals surface area (Å²) in [5, 5.41) is 0.475. The summed E-state index contributed by atoms with van der Waals surface area (Å²) in [5.41, 5.74) is 2.14. The highest BCUT2D eigenvalue weighted by Gasteiger charge is 2.08. The van der Waals surface area contributed by atoms with Gasteiger partial charge in [0.15, 0.2) is 0 Å². The molecule has 0 radical (unpaired) electrons. The molecule has 0 amide bonds. The molecule has 5 heteroatoms. The minimum absolute atomic E-state index is 0.475. The van der Waals surface area contributed by atoms with Crippen LogP contribution in [0, 0.1) is 13.8 Å². The Morgan fingerprint density at radius 1 is 1.22 bits per heavy atom. The summed E-state index contributed by atoms with van der Waals surface area (Å²) in [4.78, 5) is 9.93. The molecule has 0 aliphatic carbocycles. The van der Waals surface area contributed by atoms with Gasteiger partial charge in [-0.05, 0) is 41.4 Å². The van der Waals surface area contributed by atoms with E-state index in [1.807, 2.05) is 19.1 Å². The summed E-state index contributed by atoms with van der Waals surface area (Å²) in [6.45, 7) is 4.02. The van der Waals surface area contributed by atoms with Gasteiger partial charge in [0.2, 0.25) is 0 Å². The molecule has 0 aliphatic rings. The number of halogens is 2. The smallest absolute Gasteiger partial charge is 0.147 e. The molecule has 0 aliphatic heterocycles. The van der Waals surface area contributed by atoms with Crippen LogP contribution < -0.4 is 0 Å². The normalized spacial score (nSPS) is 10.7. The van der Waals surface area contributed by atoms with E-state index in [2.05, 4.69) is 45.0 Å². The second-order valence-electron chi connectivity index (χ2n) is 3.88. The number of aromatic nitrogens is 2. The first-order valence-corrected chi connectivity index (χ1v) is 7.60. The summed E-state index contributed by atoms with van der Waals surface area (Å²) < 4.78 is 0.772. The Bertz CT molecular complexity index is 552. The van der Waals surface area contributed by atoms with Crippen LogP contribution >= 0.6 is 39.3 Å². The van der Waals surface area contributed by atoms with Crippen molar-refractivity contribution < 1.29 is 0 Å². The van der Waals surface area contributed by atoms with E-state index in [1.165, 1.54) is 10.5 Å². The maximum absolute atomic E-state index is 6.02. The third-order valence-electron chi connectivity index (χ3n) is 2.47. The molecular weight excluding hydrogens is 332 g/mol. The molecule has 0 bridgehead atoms. The fraction of sp³-hybridized carbons (Fsp3) is 0.231. The summed E-state index contributed by atoms with van der Waals surface area (Å²) >= 11 is 11.1. The molecule has 0 atom stereocenters. The average Bonchev–Trinajstić information content (AvgIpc) is 2.35. The molecule has 2 aromatic rings. The Balaban J connectivity index is 2.14. The maximum atomic E-state index is 6.02. The zero-order valence-electron chi connectivity index (χ0n) is 10.1. The van der Waals surface area contributed by atoms with Gasteiger partial charge >= 0.3 is 0 Å². The van der Waals surface area contributed by atoms with Gasteiger partial charge in [0, 0.05) is 4.90 Å². The van der Waals surface area contributed by atoms with Gasteiger partial charge in [-0.2, -0.15) is 0 Å². The van der Waals surface area contributed by atoms with Gasteiger partial charge in [0.05, 0.1) is 15.9 Å². The van der Waals surface area contributed by atoms with Gasteiger partial charge < -0.3 is 0 Å². The Morgan fingerprint density at radius 2 is 1.94 bits per heavy atom. The second-order valence-corrected chi connectivity index (χ2v) is 6.05. The molecule has 0 unspecified atom stereocenters. The number of rotatable bonds is 3. The maximum Gasteiger partial charge on any atom is 0.147 e. The Morgan fingerprint density at radius 3 is 2.61 bits per heavy atom. The molecule has 1 heterocycles. The summed E-state index contributed by atoms with van der Waals surface area (Å²) in [6, 6.07) is 8.28. The van der Waals surface area contributed by atoms with Crippen LogP contribution in [0.15, 0.2) is 33.6 Å². The van der Waals surface area contributed by atoms with Crippen LogP contribution in [-0.2, 0) is 5.75 Å². The lowest BCUT2D eigenvalue weighted by atomic mass is 10.2. The van der Waals surface area contributed by atoms with E-state index < -0.39 is 0 Å². The second kappa shape index (κ2) is 6.04. The van der Waals surface area contributed by atoms with E-state index in [1.54, 1.807) is 11.8 Å². The van der Waals surface area contributed by atoms with Crippen LogP contribution in [0.1, 0.15) is 17.1 Å². The first kappa shape index (κ1) is 13.8.